The Labute approximate surface area is 81.5 Å². The van der Waals surface area contributed by atoms with Gasteiger partial charge < -0.3 is 10.4 Å². The maximum atomic E-state index is 10.6. The Balaban J connectivity index is 2.97. The van der Waals surface area contributed by atoms with Crippen LogP contribution in [0.3, 0.4) is 0 Å². The Morgan fingerprint density at radius 3 is 2.86 bits per heavy atom. The number of nitrogens with zero attached hydrogens (tertiary/aromatic N) is 1. The summed E-state index contributed by atoms with van der Waals surface area (Å²) in [7, 11) is 0. The Bertz CT molecular complexity index is 339. The number of aliphatic hydroxyl groups excluding tert-OH is 1. The number of rotatable bonds is 4. The number of nitro groups is 1. The third-order valence-electron chi connectivity index (χ3n) is 1.78. The van der Waals surface area contributed by atoms with Crippen LogP contribution in [0.4, 0.5) is 11.4 Å². The van der Waals surface area contributed by atoms with Crippen LogP contribution in [0.5, 0.6) is 0 Å². The fourth-order valence-electron chi connectivity index (χ4n) is 1.14. The Hall–Kier alpha value is -1.62. The van der Waals surface area contributed by atoms with Crippen LogP contribution in [0.2, 0.25) is 0 Å². The van der Waals surface area contributed by atoms with Crippen molar-refractivity contribution in [2.75, 3.05) is 18.5 Å². The number of anilines is 1. The predicted molar refractivity (Wildman–Crippen MR) is 53.4 cm³/mol. The van der Waals surface area contributed by atoms with Gasteiger partial charge in [-0.2, -0.15) is 0 Å². The van der Waals surface area contributed by atoms with Crippen LogP contribution >= 0.6 is 0 Å². The first-order valence-electron chi connectivity index (χ1n) is 4.25. The van der Waals surface area contributed by atoms with Gasteiger partial charge in [-0.05, 0) is 18.6 Å². The van der Waals surface area contributed by atoms with E-state index in [4.69, 9.17) is 5.11 Å². The van der Waals surface area contributed by atoms with E-state index in [2.05, 4.69) is 5.32 Å². The lowest BCUT2D eigenvalue weighted by Gasteiger charge is -2.05. The smallest absolute Gasteiger partial charge is 0.292 e. The van der Waals surface area contributed by atoms with Gasteiger partial charge in [0.05, 0.1) is 11.5 Å². The second kappa shape index (κ2) is 4.57. The average molecular weight is 196 g/mol. The summed E-state index contributed by atoms with van der Waals surface area (Å²) >= 11 is 0. The molecule has 0 bridgehead atoms. The zero-order chi connectivity index (χ0) is 10.6. The van der Waals surface area contributed by atoms with E-state index in [-0.39, 0.29) is 12.3 Å². The molecule has 5 nitrogen and oxygen atoms in total. The third-order valence-corrected chi connectivity index (χ3v) is 1.78. The van der Waals surface area contributed by atoms with Crippen molar-refractivity contribution in [2.45, 2.75) is 6.92 Å². The zero-order valence-electron chi connectivity index (χ0n) is 7.86. The minimum absolute atomic E-state index is 0.0315. The monoisotopic (exact) mass is 196 g/mol. The number of aliphatic hydroxyl groups is 1. The maximum Gasteiger partial charge on any atom is 0.292 e. The van der Waals surface area contributed by atoms with Gasteiger partial charge in [0, 0.05) is 12.6 Å². The topological polar surface area (TPSA) is 75.4 Å². The van der Waals surface area contributed by atoms with Crippen molar-refractivity contribution in [3.05, 3.63) is 33.9 Å². The van der Waals surface area contributed by atoms with Crippen molar-refractivity contribution in [2.24, 2.45) is 0 Å². The first-order valence-corrected chi connectivity index (χ1v) is 4.25. The van der Waals surface area contributed by atoms with Crippen molar-refractivity contribution in [1.29, 1.82) is 0 Å². The predicted octanol–water partition coefficient (Wildman–Crippen LogP) is 1.31. The lowest BCUT2D eigenvalue weighted by molar-refractivity contribution is -0.384. The molecule has 0 radical (unpaired) electrons. The molecule has 0 fully saturated rings. The molecule has 2 N–H and O–H groups in total. The fourth-order valence-corrected chi connectivity index (χ4v) is 1.14. The number of aryl methyl sites for hydroxylation is 1. The van der Waals surface area contributed by atoms with E-state index >= 15 is 0 Å². The zero-order valence-corrected chi connectivity index (χ0v) is 7.86. The summed E-state index contributed by atoms with van der Waals surface area (Å²) in [5, 5.41) is 22.0. The van der Waals surface area contributed by atoms with Crippen LogP contribution in [0.15, 0.2) is 18.2 Å². The number of nitrogens with one attached hydrogen (secondary N) is 1. The quantitative estimate of drug-likeness (QED) is 0.562. The van der Waals surface area contributed by atoms with Gasteiger partial charge in [0.1, 0.15) is 5.69 Å². The van der Waals surface area contributed by atoms with E-state index in [1.54, 1.807) is 12.1 Å². The van der Waals surface area contributed by atoms with Crippen molar-refractivity contribution in [1.82, 2.24) is 0 Å². The molecule has 0 aromatic heterocycles. The SMILES string of the molecule is Cc1ccc([N+](=O)[O-])c(NCCO)c1. The maximum absolute atomic E-state index is 10.6. The first kappa shape index (κ1) is 10.5. The van der Waals surface area contributed by atoms with E-state index in [1.807, 2.05) is 6.92 Å². The first-order chi connectivity index (χ1) is 6.65. The second-order valence-corrected chi connectivity index (χ2v) is 2.93. The molecule has 0 heterocycles. The highest BCUT2D eigenvalue weighted by Crippen LogP contribution is 2.24. The van der Waals surface area contributed by atoms with Gasteiger partial charge in [-0.15, -0.1) is 0 Å². The van der Waals surface area contributed by atoms with Gasteiger partial charge in [-0.1, -0.05) is 6.07 Å². The van der Waals surface area contributed by atoms with Gasteiger partial charge in [0.15, 0.2) is 0 Å². The van der Waals surface area contributed by atoms with Crippen LogP contribution in [-0.4, -0.2) is 23.2 Å². The van der Waals surface area contributed by atoms with Crippen molar-refractivity contribution >= 4 is 11.4 Å². The molecule has 0 saturated heterocycles. The van der Waals surface area contributed by atoms with Gasteiger partial charge in [-0.3, -0.25) is 10.1 Å². The summed E-state index contributed by atoms with van der Waals surface area (Å²) in [5.74, 6) is 0. The molecule has 1 aromatic carbocycles. The molecule has 14 heavy (non-hydrogen) atoms. The minimum Gasteiger partial charge on any atom is -0.395 e. The van der Waals surface area contributed by atoms with Crippen LogP contribution in [-0.2, 0) is 0 Å². The number of nitro benzene ring substituents is 1. The van der Waals surface area contributed by atoms with E-state index in [0.717, 1.165) is 5.56 Å². The van der Waals surface area contributed by atoms with Crippen LogP contribution in [0.1, 0.15) is 5.56 Å². The standard InChI is InChI=1S/C9H12N2O3/c1-7-2-3-9(11(13)14)8(6-7)10-4-5-12/h2-3,6,10,12H,4-5H2,1H3. The second-order valence-electron chi connectivity index (χ2n) is 2.93. The van der Waals surface area contributed by atoms with Gasteiger partial charge in [0.25, 0.3) is 5.69 Å². The molecule has 0 saturated carbocycles. The lowest BCUT2D eigenvalue weighted by atomic mass is 10.2. The molecule has 1 rings (SSSR count). The molecule has 0 unspecified atom stereocenters. The van der Waals surface area contributed by atoms with Crippen molar-refractivity contribution < 1.29 is 10.0 Å². The lowest BCUT2D eigenvalue weighted by Crippen LogP contribution is -2.07. The Morgan fingerprint density at radius 1 is 1.57 bits per heavy atom. The molecule has 0 amide bonds. The molecule has 0 atom stereocenters. The summed E-state index contributed by atoms with van der Waals surface area (Å²) in [5.41, 5.74) is 1.42. The normalized spacial score (nSPS) is 9.86. The molecule has 0 aliphatic heterocycles. The number of benzene rings is 1. The molecule has 0 aliphatic carbocycles. The van der Waals surface area contributed by atoms with E-state index < -0.39 is 4.92 Å². The van der Waals surface area contributed by atoms with Crippen LogP contribution in [0.25, 0.3) is 0 Å². The summed E-state index contributed by atoms with van der Waals surface area (Å²) < 4.78 is 0. The molecule has 76 valence electrons. The van der Waals surface area contributed by atoms with Crippen LogP contribution in [0, 0.1) is 17.0 Å². The molecular weight excluding hydrogens is 184 g/mol. The van der Waals surface area contributed by atoms with Gasteiger partial charge in [-0.25, -0.2) is 0 Å². The minimum atomic E-state index is -0.445. The average Bonchev–Trinajstić information content (AvgIpc) is 2.14. The number of hydrogen-bond acceptors (Lipinski definition) is 4. The van der Waals surface area contributed by atoms with Crippen molar-refractivity contribution in [3.8, 4) is 0 Å². The Morgan fingerprint density at radius 2 is 2.29 bits per heavy atom. The largest absolute Gasteiger partial charge is 0.395 e. The van der Waals surface area contributed by atoms with E-state index in [0.29, 0.717) is 12.2 Å². The van der Waals surface area contributed by atoms with Gasteiger partial charge >= 0.3 is 0 Å². The summed E-state index contributed by atoms with van der Waals surface area (Å²) in [6, 6.07) is 4.82. The molecule has 5 heteroatoms. The summed E-state index contributed by atoms with van der Waals surface area (Å²) in [4.78, 5) is 10.2. The number of hydrogen-bond donors (Lipinski definition) is 2. The highest BCUT2D eigenvalue weighted by Gasteiger charge is 2.12. The molecule has 0 spiro atoms. The van der Waals surface area contributed by atoms with Crippen LogP contribution < -0.4 is 5.32 Å². The highest BCUT2D eigenvalue weighted by atomic mass is 16.6. The van der Waals surface area contributed by atoms with Crippen molar-refractivity contribution in [3.63, 3.8) is 0 Å². The van der Waals surface area contributed by atoms with E-state index in [1.165, 1.54) is 6.07 Å². The molecule has 1 aromatic rings. The summed E-state index contributed by atoms with van der Waals surface area (Å²) in [6.07, 6.45) is 0. The summed E-state index contributed by atoms with van der Waals surface area (Å²) in [6.45, 7) is 2.11. The fraction of sp³-hybridized carbons (Fsp3) is 0.333. The molecule has 0 aliphatic rings. The highest BCUT2D eigenvalue weighted by molar-refractivity contribution is 5.62. The molecular formula is C9H12N2O3. The van der Waals surface area contributed by atoms with E-state index in [9.17, 15) is 10.1 Å². The Kier molecular flexibility index (Phi) is 3.41. The van der Waals surface area contributed by atoms with Gasteiger partial charge in [0.2, 0.25) is 0 Å². The third kappa shape index (κ3) is 2.43.